The number of rotatable bonds is 5. The lowest BCUT2D eigenvalue weighted by Gasteiger charge is -2.31. The zero-order valence-electron chi connectivity index (χ0n) is 17.7. The van der Waals surface area contributed by atoms with Gasteiger partial charge in [-0.1, -0.05) is 29.3 Å². The van der Waals surface area contributed by atoms with E-state index in [4.69, 9.17) is 16.3 Å². The Morgan fingerprint density at radius 1 is 1.10 bits per heavy atom. The number of nitrogens with one attached hydrogen (secondary N) is 1. The van der Waals surface area contributed by atoms with Crippen molar-refractivity contribution in [2.45, 2.75) is 38.5 Å². The highest BCUT2D eigenvalue weighted by Gasteiger charge is 2.34. The van der Waals surface area contributed by atoms with E-state index in [2.05, 4.69) is 5.32 Å². The number of carbonyl (C=O) groups is 1. The molecule has 1 aliphatic rings. The van der Waals surface area contributed by atoms with E-state index in [9.17, 15) is 13.2 Å². The van der Waals surface area contributed by atoms with Gasteiger partial charge in [-0.3, -0.25) is 4.79 Å². The number of hydrogen-bond acceptors (Lipinski definition) is 4. The molecule has 6 nitrogen and oxygen atoms in total. The van der Waals surface area contributed by atoms with E-state index in [1.807, 2.05) is 32.9 Å². The molecular weight excluding hydrogens is 424 g/mol. The summed E-state index contributed by atoms with van der Waals surface area (Å²) >= 11 is 6.03. The Kier molecular flexibility index (Phi) is 6.75. The van der Waals surface area contributed by atoms with Gasteiger partial charge in [-0.25, -0.2) is 8.42 Å². The van der Waals surface area contributed by atoms with Crippen LogP contribution in [0.1, 0.15) is 29.5 Å². The minimum Gasteiger partial charge on any atom is -0.495 e. The van der Waals surface area contributed by atoms with Crippen LogP contribution in [0.2, 0.25) is 5.02 Å². The van der Waals surface area contributed by atoms with Gasteiger partial charge in [-0.15, -0.1) is 0 Å². The van der Waals surface area contributed by atoms with Gasteiger partial charge in [0.2, 0.25) is 15.9 Å². The number of anilines is 1. The molecule has 162 valence electrons. The molecule has 0 unspecified atom stereocenters. The number of methoxy groups -OCH3 is 1. The van der Waals surface area contributed by atoms with Crippen LogP contribution in [-0.2, 0) is 14.8 Å². The molecule has 0 radical (unpaired) electrons. The van der Waals surface area contributed by atoms with Crippen LogP contribution in [-0.4, -0.2) is 38.8 Å². The highest BCUT2D eigenvalue weighted by Crippen LogP contribution is 2.31. The van der Waals surface area contributed by atoms with Crippen molar-refractivity contribution in [1.82, 2.24) is 4.31 Å². The van der Waals surface area contributed by atoms with Crippen LogP contribution in [0.25, 0.3) is 0 Å². The number of halogens is 1. The van der Waals surface area contributed by atoms with Gasteiger partial charge in [-0.05, 0) is 62.9 Å². The van der Waals surface area contributed by atoms with E-state index in [0.717, 1.165) is 16.7 Å². The van der Waals surface area contributed by atoms with Crippen molar-refractivity contribution >= 4 is 33.2 Å². The number of sulfonamides is 1. The number of ether oxygens (including phenoxy) is 1. The average Bonchev–Trinajstić information content (AvgIpc) is 2.67. The van der Waals surface area contributed by atoms with Gasteiger partial charge in [0.25, 0.3) is 0 Å². The van der Waals surface area contributed by atoms with Gasteiger partial charge in [0.15, 0.2) is 0 Å². The Bertz CT molecular complexity index is 1040. The number of benzene rings is 2. The Balaban J connectivity index is 1.70. The van der Waals surface area contributed by atoms with Crippen molar-refractivity contribution in [2.24, 2.45) is 5.92 Å². The maximum absolute atomic E-state index is 13.2. The van der Waals surface area contributed by atoms with E-state index in [1.165, 1.54) is 11.4 Å². The summed E-state index contributed by atoms with van der Waals surface area (Å²) in [7, 11) is -2.08. The van der Waals surface area contributed by atoms with E-state index in [0.29, 0.717) is 47.3 Å². The lowest BCUT2D eigenvalue weighted by Crippen LogP contribution is -2.41. The second-order valence-corrected chi connectivity index (χ2v) is 10.1. The Morgan fingerprint density at radius 2 is 1.70 bits per heavy atom. The molecule has 1 heterocycles. The maximum Gasteiger partial charge on any atom is 0.243 e. The van der Waals surface area contributed by atoms with Gasteiger partial charge in [0.05, 0.1) is 17.7 Å². The average molecular weight is 451 g/mol. The maximum atomic E-state index is 13.2. The smallest absolute Gasteiger partial charge is 0.243 e. The summed E-state index contributed by atoms with van der Waals surface area (Å²) < 4.78 is 33.2. The lowest BCUT2D eigenvalue weighted by atomic mass is 9.97. The quantitative estimate of drug-likeness (QED) is 0.736. The SMILES string of the molecule is COc1ccc(Cl)cc1NC(=O)C1CCN(S(=O)(=O)c2c(C)cc(C)cc2C)CC1. The zero-order valence-corrected chi connectivity index (χ0v) is 19.2. The Labute approximate surface area is 183 Å². The third kappa shape index (κ3) is 4.63. The molecule has 3 rings (SSSR count). The molecule has 8 heteroatoms. The van der Waals surface area contributed by atoms with Crippen molar-refractivity contribution in [1.29, 1.82) is 0 Å². The molecule has 1 amide bonds. The summed E-state index contributed by atoms with van der Waals surface area (Å²) in [6.45, 7) is 6.21. The summed E-state index contributed by atoms with van der Waals surface area (Å²) in [5.74, 6) is 0.0914. The molecule has 2 aromatic carbocycles. The van der Waals surface area contributed by atoms with Crippen LogP contribution in [0, 0.1) is 26.7 Å². The number of hydrogen-bond donors (Lipinski definition) is 1. The van der Waals surface area contributed by atoms with Crippen molar-refractivity contribution in [2.75, 3.05) is 25.5 Å². The third-order valence-corrected chi connectivity index (χ3v) is 7.89. The van der Waals surface area contributed by atoms with Gasteiger partial charge in [0, 0.05) is 24.0 Å². The van der Waals surface area contributed by atoms with Crippen molar-refractivity contribution in [3.05, 3.63) is 52.0 Å². The highest BCUT2D eigenvalue weighted by molar-refractivity contribution is 7.89. The predicted octanol–water partition coefficient (Wildman–Crippen LogP) is 4.31. The molecule has 30 heavy (non-hydrogen) atoms. The Morgan fingerprint density at radius 3 is 2.27 bits per heavy atom. The van der Waals surface area contributed by atoms with Crippen molar-refractivity contribution in [3.63, 3.8) is 0 Å². The van der Waals surface area contributed by atoms with Crippen molar-refractivity contribution < 1.29 is 17.9 Å². The van der Waals surface area contributed by atoms with Crippen LogP contribution in [0.4, 0.5) is 5.69 Å². The zero-order chi connectivity index (χ0) is 22.1. The summed E-state index contributed by atoms with van der Waals surface area (Å²) in [6, 6.07) is 8.80. The van der Waals surface area contributed by atoms with Gasteiger partial charge < -0.3 is 10.1 Å². The normalized spacial score (nSPS) is 15.8. The highest BCUT2D eigenvalue weighted by atomic mass is 35.5. The van der Waals surface area contributed by atoms with Gasteiger partial charge in [0.1, 0.15) is 5.75 Å². The predicted molar refractivity (Wildman–Crippen MR) is 119 cm³/mol. The van der Waals surface area contributed by atoms with E-state index in [1.54, 1.807) is 18.2 Å². The van der Waals surface area contributed by atoms with Crippen LogP contribution in [0.3, 0.4) is 0 Å². The first-order valence-corrected chi connectivity index (χ1v) is 11.7. The van der Waals surface area contributed by atoms with Gasteiger partial charge >= 0.3 is 0 Å². The van der Waals surface area contributed by atoms with Crippen LogP contribution < -0.4 is 10.1 Å². The second-order valence-electron chi connectivity index (χ2n) is 7.74. The molecule has 2 aromatic rings. The molecule has 0 bridgehead atoms. The lowest BCUT2D eigenvalue weighted by molar-refractivity contribution is -0.120. The van der Waals surface area contributed by atoms with Crippen LogP contribution in [0.5, 0.6) is 5.75 Å². The van der Waals surface area contributed by atoms with Crippen LogP contribution in [0.15, 0.2) is 35.2 Å². The molecule has 1 saturated heterocycles. The Hall–Kier alpha value is -2.09. The van der Waals surface area contributed by atoms with E-state index >= 15 is 0 Å². The first-order chi connectivity index (χ1) is 14.1. The molecule has 0 aromatic heterocycles. The summed E-state index contributed by atoms with van der Waals surface area (Å²) in [5, 5.41) is 3.36. The first-order valence-electron chi connectivity index (χ1n) is 9.86. The first kappa shape index (κ1) is 22.6. The molecule has 0 spiro atoms. The molecule has 1 aliphatic heterocycles. The second kappa shape index (κ2) is 8.96. The molecule has 0 saturated carbocycles. The summed E-state index contributed by atoms with van der Waals surface area (Å²) in [4.78, 5) is 13.1. The topological polar surface area (TPSA) is 75.7 Å². The summed E-state index contributed by atoms with van der Waals surface area (Å²) in [5.41, 5.74) is 3.05. The molecule has 0 atom stereocenters. The fourth-order valence-corrected chi connectivity index (χ4v) is 6.13. The fourth-order valence-electron chi connectivity index (χ4n) is 4.07. The minimum absolute atomic E-state index is 0.157. The number of nitrogens with zero attached hydrogens (tertiary/aromatic N) is 1. The van der Waals surface area contributed by atoms with Gasteiger partial charge in [-0.2, -0.15) is 4.31 Å². The van der Waals surface area contributed by atoms with E-state index in [-0.39, 0.29) is 11.8 Å². The largest absolute Gasteiger partial charge is 0.495 e. The number of carbonyl (C=O) groups excluding carboxylic acids is 1. The van der Waals surface area contributed by atoms with E-state index < -0.39 is 10.0 Å². The molecule has 0 aliphatic carbocycles. The monoisotopic (exact) mass is 450 g/mol. The molecular formula is C22H27ClN2O4S. The fraction of sp³-hybridized carbons (Fsp3) is 0.409. The molecule has 1 N–H and O–H groups in total. The van der Waals surface area contributed by atoms with Crippen molar-refractivity contribution in [3.8, 4) is 5.75 Å². The van der Waals surface area contributed by atoms with Crippen LogP contribution >= 0.6 is 11.6 Å². The minimum atomic E-state index is -3.60. The number of aryl methyl sites for hydroxylation is 3. The third-order valence-electron chi connectivity index (χ3n) is 5.45. The standard InChI is InChI=1S/C22H27ClN2O4S/c1-14-11-15(2)21(16(3)12-14)30(27,28)25-9-7-17(8-10-25)22(26)24-19-13-18(23)5-6-20(19)29-4/h5-6,11-13,17H,7-10H2,1-4H3,(H,24,26). The summed E-state index contributed by atoms with van der Waals surface area (Å²) in [6.07, 6.45) is 0.913. The number of amides is 1. The molecule has 1 fully saturated rings. The number of piperidine rings is 1.